The van der Waals surface area contributed by atoms with Gasteiger partial charge in [-0.2, -0.15) is 5.10 Å². The van der Waals surface area contributed by atoms with Crippen LogP contribution in [0.3, 0.4) is 0 Å². The number of halogens is 1. The molecule has 0 fully saturated rings. The summed E-state index contributed by atoms with van der Waals surface area (Å²) < 4.78 is 1.82. The largest absolute Gasteiger partial charge is 0.275 e. The summed E-state index contributed by atoms with van der Waals surface area (Å²) >= 11 is 6.28. The van der Waals surface area contributed by atoms with Crippen molar-refractivity contribution in [1.82, 2.24) is 9.78 Å². The minimum Gasteiger partial charge on any atom is -0.275 e. The minimum atomic E-state index is 0.503. The van der Waals surface area contributed by atoms with Crippen molar-refractivity contribution in [3.05, 3.63) is 40.7 Å². The van der Waals surface area contributed by atoms with Gasteiger partial charge in [-0.3, -0.25) is 4.68 Å². The summed E-state index contributed by atoms with van der Waals surface area (Å²) in [7, 11) is 1.93. The summed E-state index contributed by atoms with van der Waals surface area (Å²) in [6, 6.07) is 6.22. The monoisotopic (exact) mass is 278 g/mol. The third-order valence-electron chi connectivity index (χ3n) is 2.96. The molecule has 0 aliphatic rings. The van der Waals surface area contributed by atoms with E-state index in [4.69, 9.17) is 11.6 Å². The number of hydrogen-bond acceptors (Lipinski definition) is 1. The average molecular weight is 279 g/mol. The first-order valence-corrected chi connectivity index (χ1v) is 7.17. The van der Waals surface area contributed by atoms with Crippen molar-refractivity contribution in [2.45, 2.75) is 40.5 Å². The maximum Gasteiger partial charge on any atom is 0.0672 e. The van der Waals surface area contributed by atoms with Crippen LogP contribution in [0.5, 0.6) is 0 Å². The Bertz CT molecular complexity index is 542. The Balaban J connectivity index is 0.000000861. The number of nitrogens with zero attached hydrogens (tertiary/aromatic N) is 2. The molecule has 1 aromatic heterocycles. The molecule has 2 aromatic rings. The van der Waals surface area contributed by atoms with Crippen LogP contribution in [0.15, 0.2) is 24.4 Å². The second kappa shape index (κ2) is 6.76. The van der Waals surface area contributed by atoms with E-state index in [0.717, 1.165) is 21.8 Å². The van der Waals surface area contributed by atoms with E-state index in [1.807, 2.05) is 44.8 Å². The predicted octanol–water partition coefficient (Wildman–Crippen LogP) is 5.20. The molecule has 2 nitrogen and oxygen atoms in total. The molecule has 0 radical (unpaired) electrons. The van der Waals surface area contributed by atoms with Crippen LogP contribution in [0.4, 0.5) is 0 Å². The molecule has 3 heteroatoms. The summed E-state index contributed by atoms with van der Waals surface area (Å²) in [5.74, 6) is 0.503. The molecule has 0 bridgehead atoms. The fourth-order valence-corrected chi connectivity index (χ4v) is 2.19. The van der Waals surface area contributed by atoms with Crippen molar-refractivity contribution in [2.24, 2.45) is 7.05 Å². The molecule has 0 N–H and O–H groups in total. The van der Waals surface area contributed by atoms with Gasteiger partial charge in [0.1, 0.15) is 0 Å². The van der Waals surface area contributed by atoms with Crippen molar-refractivity contribution in [1.29, 1.82) is 0 Å². The third-order valence-corrected chi connectivity index (χ3v) is 3.29. The topological polar surface area (TPSA) is 17.8 Å². The third kappa shape index (κ3) is 3.60. The Morgan fingerprint density at radius 3 is 2.26 bits per heavy atom. The van der Waals surface area contributed by atoms with Crippen molar-refractivity contribution in [2.75, 3.05) is 0 Å². The van der Waals surface area contributed by atoms with Crippen molar-refractivity contribution in [3.63, 3.8) is 0 Å². The number of hydrogen-bond donors (Lipinski definition) is 0. The van der Waals surface area contributed by atoms with Crippen molar-refractivity contribution >= 4 is 11.6 Å². The lowest BCUT2D eigenvalue weighted by Crippen LogP contribution is -1.89. The van der Waals surface area contributed by atoms with Crippen LogP contribution in [0.2, 0.25) is 5.02 Å². The summed E-state index contributed by atoms with van der Waals surface area (Å²) in [4.78, 5) is 0. The Hall–Kier alpha value is -1.28. The fraction of sp³-hybridized carbons (Fsp3) is 0.438. The molecule has 0 atom stereocenters. The molecular weight excluding hydrogens is 256 g/mol. The van der Waals surface area contributed by atoms with Gasteiger partial charge in [0.15, 0.2) is 0 Å². The van der Waals surface area contributed by atoms with E-state index < -0.39 is 0 Å². The Morgan fingerprint density at radius 1 is 1.16 bits per heavy atom. The fourth-order valence-electron chi connectivity index (χ4n) is 1.97. The molecule has 0 amide bonds. The molecule has 0 aliphatic carbocycles. The lowest BCUT2D eigenvalue weighted by Gasteiger charge is -2.09. The lowest BCUT2D eigenvalue weighted by molar-refractivity contribution is 0.756. The zero-order valence-corrected chi connectivity index (χ0v) is 13.4. The molecule has 2 rings (SSSR count). The first kappa shape index (κ1) is 15.8. The molecule has 104 valence electrons. The maximum absolute atomic E-state index is 6.28. The molecule has 19 heavy (non-hydrogen) atoms. The van der Waals surface area contributed by atoms with Crippen LogP contribution in [0.25, 0.3) is 11.1 Å². The molecule has 0 aliphatic heterocycles. The SMILES string of the molecule is CC.Cc1nn(C)cc1-c1cc(C(C)C)ccc1Cl. The van der Waals surface area contributed by atoms with Crippen molar-refractivity contribution < 1.29 is 0 Å². The smallest absolute Gasteiger partial charge is 0.0672 e. The number of aryl methyl sites for hydroxylation is 2. The summed E-state index contributed by atoms with van der Waals surface area (Å²) in [5, 5.41) is 5.14. The predicted molar refractivity (Wildman–Crippen MR) is 83.8 cm³/mol. The second-order valence-corrected chi connectivity index (χ2v) is 5.10. The molecule has 1 heterocycles. The summed E-state index contributed by atoms with van der Waals surface area (Å²) in [5.41, 5.74) is 4.49. The van der Waals surface area contributed by atoms with E-state index in [1.54, 1.807) is 0 Å². The van der Waals surface area contributed by atoms with E-state index in [0.29, 0.717) is 5.92 Å². The van der Waals surface area contributed by atoms with Gasteiger partial charge in [-0.1, -0.05) is 45.4 Å². The standard InChI is InChI=1S/C14H17ClN2.C2H6/c1-9(2)11-5-6-14(15)12(7-11)13-8-17(4)16-10(13)3;1-2/h5-9H,1-4H3;1-2H3. The molecule has 0 saturated heterocycles. The van der Waals surface area contributed by atoms with Gasteiger partial charge in [0.25, 0.3) is 0 Å². The Kier molecular flexibility index (Phi) is 5.61. The van der Waals surface area contributed by atoms with E-state index >= 15 is 0 Å². The Morgan fingerprint density at radius 2 is 1.79 bits per heavy atom. The number of benzene rings is 1. The molecule has 0 spiro atoms. The van der Waals surface area contributed by atoms with Crippen LogP contribution in [0.1, 0.15) is 44.9 Å². The average Bonchev–Trinajstić information content (AvgIpc) is 2.71. The van der Waals surface area contributed by atoms with E-state index in [2.05, 4.69) is 31.1 Å². The van der Waals surface area contributed by atoms with Gasteiger partial charge in [0, 0.05) is 29.4 Å². The number of aromatic nitrogens is 2. The highest BCUT2D eigenvalue weighted by Crippen LogP contribution is 2.32. The summed E-state index contributed by atoms with van der Waals surface area (Å²) in [6.45, 7) is 10.4. The zero-order valence-electron chi connectivity index (χ0n) is 12.7. The number of rotatable bonds is 2. The van der Waals surface area contributed by atoms with E-state index in [-0.39, 0.29) is 0 Å². The van der Waals surface area contributed by atoms with Crippen LogP contribution >= 0.6 is 11.6 Å². The van der Waals surface area contributed by atoms with E-state index in [1.165, 1.54) is 5.56 Å². The van der Waals surface area contributed by atoms with Gasteiger partial charge in [-0.25, -0.2) is 0 Å². The van der Waals surface area contributed by atoms with E-state index in [9.17, 15) is 0 Å². The highest BCUT2D eigenvalue weighted by molar-refractivity contribution is 6.33. The van der Waals surface area contributed by atoms with Gasteiger partial charge in [-0.05, 0) is 30.5 Å². The molecule has 0 unspecified atom stereocenters. The quantitative estimate of drug-likeness (QED) is 0.738. The maximum atomic E-state index is 6.28. The van der Waals surface area contributed by atoms with Gasteiger partial charge in [0.05, 0.1) is 5.69 Å². The minimum absolute atomic E-state index is 0.503. The van der Waals surface area contributed by atoms with Crippen LogP contribution in [-0.2, 0) is 7.05 Å². The normalized spacial score (nSPS) is 10.3. The zero-order chi connectivity index (χ0) is 14.6. The van der Waals surface area contributed by atoms with Gasteiger partial charge < -0.3 is 0 Å². The first-order valence-electron chi connectivity index (χ1n) is 6.79. The molecular formula is C16H23ClN2. The van der Waals surface area contributed by atoms with Crippen LogP contribution < -0.4 is 0 Å². The van der Waals surface area contributed by atoms with Gasteiger partial charge >= 0.3 is 0 Å². The lowest BCUT2D eigenvalue weighted by atomic mass is 9.98. The van der Waals surface area contributed by atoms with Crippen LogP contribution in [0, 0.1) is 6.92 Å². The van der Waals surface area contributed by atoms with Crippen molar-refractivity contribution in [3.8, 4) is 11.1 Å². The highest BCUT2D eigenvalue weighted by atomic mass is 35.5. The van der Waals surface area contributed by atoms with Gasteiger partial charge in [-0.15, -0.1) is 0 Å². The summed E-state index contributed by atoms with van der Waals surface area (Å²) in [6.07, 6.45) is 2.01. The van der Waals surface area contributed by atoms with Gasteiger partial charge in [0.2, 0.25) is 0 Å². The molecule has 1 aromatic carbocycles. The second-order valence-electron chi connectivity index (χ2n) is 4.70. The molecule has 0 saturated carbocycles. The highest BCUT2D eigenvalue weighted by Gasteiger charge is 2.11. The Labute approximate surface area is 121 Å². The first-order chi connectivity index (χ1) is 8.99. The van der Waals surface area contributed by atoms with Crippen LogP contribution in [-0.4, -0.2) is 9.78 Å².